The topological polar surface area (TPSA) is 78.9 Å². The summed E-state index contributed by atoms with van der Waals surface area (Å²) in [5.41, 5.74) is 0. The van der Waals surface area contributed by atoms with Crippen molar-refractivity contribution in [3.8, 4) is 0 Å². The molecule has 0 aliphatic carbocycles. The molecule has 0 aromatic rings. The summed E-state index contributed by atoms with van der Waals surface area (Å²) >= 11 is 0. The van der Waals surface area contributed by atoms with E-state index in [1.807, 2.05) is 0 Å². The predicted molar refractivity (Wildman–Crippen MR) is 362 cm³/mol. The molecule has 0 saturated heterocycles. The summed E-state index contributed by atoms with van der Waals surface area (Å²) in [6, 6.07) is 0. The van der Waals surface area contributed by atoms with Crippen molar-refractivity contribution in [3.63, 3.8) is 0 Å². The summed E-state index contributed by atoms with van der Waals surface area (Å²) in [7, 11) is 0. The minimum atomic E-state index is -0.766. The van der Waals surface area contributed by atoms with Gasteiger partial charge in [-0.1, -0.05) is 359 Å². The van der Waals surface area contributed by atoms with Gasteiger partial charge in [0.15, 0.2) is 6.10 Å². The summed E-state index contributed by atoms with van der Waals surface area (Å²) in [5.74, 6) is -0.852. The zero-order valence-electron chi connectivity index (χ0n) is 56.2. The van der Waals surface area contributed by atoms with Crippen LogP contribution < -0.4 is 0 Å². The quantitative estimate of drug-likeness (QED) is 0.0261. The van der Waals surface area contributed by atoms with Crippen molar-refractivity contribution in [3.05, 3.63) is 36.5 Å². The lowest BCUT2D eigenvalue weighted by Gasteiger charge is -2.18. The highest BCUT2D eigenvalue weighted by Crippen LogP contribution is 2.19. The van der Waals surface area contributed by atoms with Gasteiger partial charge in [-0.2, -0.15) is 0 Å². The first kappa shape index (κ1) is 80.6. The highest BCUT2D eigenvalue weighted by molar-refractivity contribution is 5.71. The third-order valence-corrected chi connectivity index (χ3v) is 17.1. The summed E-state index contributed by atoms with van der Waals surface area (Å²) in [6.07, 6.45) is 91.2. The van der Waals surface area contributed by atoms with Gasteiger partial charge in [0.2, 0.25) is 0 Å². The third kappa shape index (κ3) is 70.3. The predicted octanol–water partition coefficient (Wildman–Crippen LogP) is 25.9. The molecule has 0 radical (unpaired) electrons. The molecule has 0 saturated carbocycles. The van der Waals surface area contributed by atoms with Crippen LogP contribution in [0.1, 0.15) is 419 Å². The molecular formula is C77H144O6. The maximum Gasteiger partial charge on any atom is 0.306 e. The Morgan fingerprint density at radius 2 is 0.434 bits per heavy atom. The minimum absolute atomic E-state index is 0.0663. The lowest BCUT2D eigenvalue weighted by molar-refractivity contribution is -0.167. The molecule has 0 N–H and O–H groups in total. The van der Waals surface area contributed by atoms with Gasteiger partial charge in [-0.25, -0.2) is 0 Å². The normalized spacial score (nSPS) is 12.2. The van der Waals surface area contributed by atoms with E-state index in [0.717, 1.165) is 70.6 Å². The standard InChI is InChI=1S/C77H144O6/c1-4-7-10-13-15-17-19-21-23-25-27-29-31-33-35-36-37-38-39-40-42-43-45-47-49-51-53-55-57-59-61-64-67-70-76(79)82-73-74(72-81-75(78)69-66-63-12-9-6-3)83-77(80)71-68-65-62-60-58-56-54-52-50-48-46-44-41-34-32-30-28-26-24-22-20-18-16-14-11-8-5-2/h19,21,25-28,74H,4-18,20,22-24,29-73H2,1-3H3/b21-19-,27-25-,28-26-. The van der Waals surface area contributed by atoms with Gasteiger partial charge in [-0.3, -0.25) is 14.4 Å². The van der Waals surface area contributed by atoms with Gasteiger partial charge >= 0.3 is 17.9 Å². The van der Waals surface area contributed by atoms with Gasteiger partial charge in [0, 0.05) is 19.3 Å². The zero-order valence-corrected chi connectivity index (χ0v) is 56.2. The molecule has 0 aromatic heterocycles. The highest BCUT2D eigenvalue weighted by Gasteiger charge is 2.19. The lowest BCUT2D eigenvalue weighted by Crippen LogP contribution is -2.30. The van der Waals surface area contributed by atoms with Crippen LogP contribution in [-0.4, -0.2) is 37.2 Å². The number of carbonyl (C=O) groups excluding carboxylic acids is 3. The van der Waals surface area contributed by atoms with E-state index in [-0.39, 0.29) is 31.1 Å². The van der Waals surface area contributed by atoms with Gasteiger partial charge in [0.25, 0.3) is 0 Å². The Hall–Kier alpha value is -2.37. The number of allylic oxidation sites excluding steroid dienone is 6. The summed E-state index contributed by atoms with van der Waals surface area (Å²) in [5, 5.41) is 0. The monoisotopic (exact) mass is 1170 g/mol. The molecule has 0 rings (SSSR count). The number of esters is 3. The van der Waals surface area contributed by atoms with Crippen molar-refractivity contribution >= 4 is 17.9 Å². The van der Waals surface area contributed by atoms with Crippen molar-refractivity contribution in [2.45, 2.75) is 425 Å². The van der Waals surface area contributed by atoms with E-state index >= 15 is 0 Å². The van der Waals surface area contributed by atoms with E-state index in [1.54, 1.807) is 0 Å². The van der Waals surface area contributed by atoms with Crippen LogP contribution >= 0.6 is 0 Å². The molecule has 488 valence electrons. The number of hydrogen-bond donors (Lipinski definition) is 0. The second kappa shape index (κ2) is 72.1. The number of unbranched alkanes of at least 4 members (excludes halogenated alkanes) is 53. The molecule has 0 amide bonds. The average molecular weight is 1170 g/mol. The lowest BCUT2D eigenvalue weighted by atomic mass is 10.0. The summed E-state index contributed by atoms with van der Waals surface area (Å²) in [6.45, 7) is 6.62. The largest absolute Gasteiger partial charge is 0.462 e. The highest BCUT2D eigenvalue weighted by atomic mass is 16.6. The van der Waals surface area contributed by atoms with Gasteiger partial charge < -0.3 is 14.2 Å². The van der Waals surface area contributed by atoms with Crippen LogP contribution in [0, 0.1) is 0 Å². The maximum absolute atomic E-state index is 12.9. The minimum Gasteiger partial charge on any atom is -0.462 e. The molecule has 0 aliphatic rings. The Balaban J connectivity index is 3.88. The van der Waals surface area contributed by atoms with E-state index < -0.39 is 6.10 Å². The molecule has 0 fully saturated rings. The Morgan fingerprint density at radius 3 is 0.675 bits per heavy atom. The van der Waals surface area contributed by atoms with E-state index in [4.69, 9.17) is 14.2 Å². The molecule has 0 bridgehead atoms. The molecule has 0 spiro atoms. The van der Waals surface area contributed by atoms with Gasteiger partial charge in [0.1, 0.15) is 13.2 Å². The van der Waals surface area contributed by atoms with Gasteiger partial charge in [-0.15, -0.1) is 0 Å². The van der Waals surface area contributed by atoms with Crippen LogP contribution in [0.2, 0.25) is 0 Å². The molecule has 0 aliphatic heterocycles. The Morgan fingerprint density at radius 1 is 0.241 bits per heavy atom. The molecule has 1 unspecified atom stereocenters. The van der Waals surface area contributed by atoms with E-state index in [2.05, 4.69) is 57.2 Å². The fourth-order valence-corrected chi connectivity index (χ4v) is 11.5. The molecule has 6 nitrogen and oxygen atoms in total. The molecule has 83 heavy (non-hydrogen) atoms. The van der Waals surface area contributed by atoms with E-state index in [9.17, 15) is 14.4 Å². The number of rotatable bonds is 70. The van der Waals surface area contributed by atoms with Crippen LogP contribution in [0.15, 0.2) is 36.5 Å². The van der Waals surface area contributed by atoms with Crippen molar-refractivity contribution < 1.29 is 28.6 Å². The SMILES string of the molecule is CCCCCCC/C=C\C/C=C\CCCCCCCCCCCCCCCCCCCCCCCC(=O)OCC(COC(=O)CCCCCCC)OC(=O)CCCCCCCCCCCCCCCCC/C=C\CCCCCCCCCC. The second-order valence-corrected chi connectivity index (χ2v) is 25.6. The van der Waals surface area contributed by atoms with Crippen LogP contribution in [-0.2, 0) is 28.6 Å². The number of ether oxygens (including phenoxy) is 3. The van der Waals surface area contributed by atoms with Crippen LogP contribution in [0.5, 0.6) is 0 Å². The van der Waals surface area contributed by atoms with Crippen molar-refractivity contribution in [1.29, 1.82) is 0 Å². The van der Waals surface area contributed by atoms with Crippen molar-refractivity contribution in [1.82, 2.24) is 0 Å². The van der Waals surface area contributed by atoms with Crippen LogP contribution in [0.4, 0.5) is 0 Å². The molecule has 0 heterocycles. The summed E-state index contributed by atoms with van der Waals surface area (Å²) < 4.78 is 16.8. The van der Waals surface area contributed by atoms with Crippen LogP contribution in [0.25, 0.3) is 0 Å². The fraction of sp³-hybridized carbons (Fsp3) is 0.883. The van der Waals surface area contributed by atoms with Crippen molar-refractivity contribution in [2.24, 2.45) is 0 Å². The second-order valence-electron chi connectivity index (χ2n) is 25.6. The fourth-order valence-electron chi connectivity index (χ4n) is 11.5. The first-order chi connectivity index (χ1) is 41.0. The first-order valence-electron chi connectivity index (χ1n) is 37.5. The molecule has 0 aromatic carbocycles. The number of carbonyl (C=O) groups is 3. The van der Waals surface area contributed by atoms with Crippen LogP contribution in [0.3, 0.4) is 0 Å². The average Bonchev–Trinajstić information content (AvgIpc) is 3.49. The maximum atomic E-state index is 12.9. The van der Waals surface area contributed by atoms with E-state index in [0.29, 0.717) is 19.3 Å². The van der Waals surface area contributed by atoms with Gasteiger partial charge in [0.05, 0.1) is 0 Å². The Labute approximate surface area is 518 Å². The Bertz CT molecular complexity index is 1380. The molecular weight excluding hydrogens is 1020 g/mol. The molecule has 6 heteroatoms. The molecule has 1 atom stereocenters. The smallest absolute Gasteiger partial charge is 0.306 e. The zero-order chi connectivity index (χ0) is 59.9. The summed E-state index contributed by atoms with van der Waals surface area (Å²) in [4.78, 5) is 38.1. The van der Waals surface area contributed by atoms with Gasteiger partial charge in [-0.05, 0) is 77.0 Å². The third-order valence-electron chi connectivity index (χ3n) is 17.1. The van der Waals surface area contributed by atoms with Crippen molar-refractivity contribution in [2.75, 3.05) is 13.2 Å². The van der Waals surface area contributed by atoms with E-state index in [1.165, 1.54) is 308 Å². The first-order valence-corrected chi connectivity index (χ1v) is 37.5. The number of hydrogen-bond acceptors (Lipinski definition) is 6. The Kier molecular flexibility index (Phi) is 70.0.